The van der Waals surface area contributed by atoms with E-state index in [1.165, 1.54) is 6.07 Å². The molecule has 1 aromatic carbocycles. The van der Waals surface area contributed by atoms with Crippen molar-refractivity contribution in [2.75, 3.05) is 13.2 Å². The maximum Gasteiger partial charge on any atom is 0.331 e. The summed E-state index contributed by atoms with van der Waals surface area (Å²) >= 11 is 0. The van der Waals surface area contributed by atoms with E-state index in [4.69, 9.17) is 4.74 Å². The van der Waals surface area contributed by atoms with E-state index in [9.17, 15) is 23.5 Å². The molecular formula is C15H17F2NO4. The van der Waals surface area contributed by atoms with Gasteiger partial charge in [-0.25, -0.2) is 13.6 Å². The zero-order valence-corrected chi connectivity index (χ0v) is 12.1. The summed E-state index contributed by atoms with van der Waals surface area (Å²) in [5.41, 5.74) is -1.21. The van der Waals surface area contributed by atoms with Gasteiger partial charge in [0.1, 0.15) is 11.6 Å². The molecule has 1 fully saturated rings. The Morgan fingerprint density at radius 1 is 1.45 bits per heavy atom. The molecule has 1 saturated heterocycles. The van der Waals surface area contributed by atoms with E-state index in [1.54, 1.807) is 6.92 Å². The van der Waals surface area contributed by atoms with Crippen molar-refractivity contribution in [3.8, 4) is 0 Å². The van der Waals surface area contributed by atoms with E-state index in [0.29, 0.717) is 0 Å². The summed E-state index contributed by atoms with van der Waals surface area (Å²) in [4.78, 5) is 23.4. The Hall–Kier alpha value is -2.02. The second kappa shape index (κ2) is 6.39. The monoisotopic (exact) mass is 313 g/mol. The molecule has 0 aliphatic carbocycles. The van der Waals surface area contributed by atoms with Crippen LogP contribution in [0.3, 0.4) is 0 Å². The predicted octanol–water partition coefficient (Wildman–Crippen LogP) is 1.82. The van der Waals surface area contributed by atoms with E-state index in [0.717, 1.165) is 12.1 Å². The van der Waals surface area contributed by atoms with Crippen molar-refractivity contribution >= 4 is 11.9 Å². The lowest BCUT2D eigenvalue weighted by molar-refractivity contribution is -0.147. The van der Waals surface area contributed by atoms with Gasteiger partial charge in [0, 0.05) is 25.5 Å². The van der Waals surface area contributed by atoms with E-state index < -0.39 is 35.0 Å². The standard InChI is InChI=1S/C15H17F2NO4/c1-9(11-3-2-10(16)7-12(11)17)6-13(19)18-15(14(20)21)4-5-22-8-15/h2-3,7,9H,4-6,8H2,1H3,(H,18,19)(H,20,21). The molecule has 0 spiro atoms. The first-order valence-electron chi connectivity index (χ1n) is 6.91. The zero-order chi connectivity index (χ0) is 16.3. The number of halogens is 2. The molecule has 1 heterocycles. The maximum atomic E-state index is 13.7. The second-order valence-corrected chi connectivity index (χ2v) is 5.51. The summed E-state index contributed by atoms with van der Waals surface area (Å²) in [5, 5.41) is 11.7. The molecule has 22 heavy (non-hydrogen) atoms. The SMILES string of the molecule is CC(CC(=O)NC1(C(=O)O)CCOC1)c1ccc(F)cc1F. The molecule has 2 N–H and O–H groups in total. The van der Waals surface area contributed by atoms with E-state index in [-0.39, 0.29) is 31.6 Å². The Labute approximate surface area is 126 Å². The first kappa shape index (κ1) is 16.4. The smallest absolute Gasteiger partial charge is 0.331 e. The lowest BCUT2D eigenvalue weighted by Crippen LogP contribution is -2.55. The number of carbonyl (C=O) groups excluding carboxylic acids is 1. The Kier molecular flexibility index (Phi) is 4.75. The fraction of sp³-hybridized carbons (Fsp3) is 0.467. The first-order chi connectivity index (χ1) is 10.3. The lowest BCUT2D eigenvalue weighted by Gasteiger charge is -2.24. The van der Waals surface area contributed by atoms with Crippen molar-refractivity contribution < 1.29 is 28.2 Å². The van der Waals surface area contributed by atoms with Crippen LogP contribution in [0.4, 0.5) is 8.78 Å². The minimum atomic E-state index is -1.42. The molecule has 1 amide bonds. The minimum absolute atomic E-state index is 0.0899. The second-order valence-electron chi connectivity index (χ2n) is 5.51. The Morgan fingerprint density at radius 2 is 2.18 bits per heavy atom. The van der Waals surface area contributed by atoms with Gasteiger partial charge in [0.05, 0.1) is 6.61 Å². The molecule has 1 aliphatic heterocycles. The van der Waals surface area contributed by atoms with Crippen molar-refractivity contribution in [3.05, 3.63) is 35.4 Å². The molecule has 2 unspecified atom stereocenters. The Balaban J connectivity index is 2.03. The number of hydrogen-bond acceptors (Lipinski definition) is 3. The highest BCUT2D eigenvalue weighted by molar-refractivity contribution is 5.87. The fourth-order valence-corrected chi connectivity index (χ4v) is 2.49. The average Bonchev–Trinajstić information content (AvgIpc) is 2.88. The summed E-state index contributed by atoms with van der Waals surface area (Å²) in [5.74, 6) is -3.58. The van der Waals surface area contributed by atoms with Crippen LogP contribution >= 0.6 is 0 Å². The van der Waals surface area contributed by atoms with E-state index in [1.807, 2.05) is 0 Å². The van der Waals surface area contributed by atoms with Crippen LogP contribution in [0.25, 0.3) is 0 Å². The molecule has 0 bridgehead atoms. The highest BCUT2D eigenvalue weighted by Gasteiger charge is 2.44. The third-order valence-electron chi connectivity index (χ3n) is 3.79. The van der Waals surface area contributed by atoms with Gasteiger partial charge in [-0.1, -0.05) is 13.0 Å². The van der Waals surface area contributed by atoms with Crippen LogP contribution in [-0.4, -0.2) is 35.7 Å². The number of nitrogens with one attached hydrogen (secondary N) is 1. The van der Waals surface area contributed by atoms with Crippen LogP contribution in [0.1, 0.15) is 31.2 Å². The molecule has 1 aliphatic rings. The van der Waals surface area contributed by atoms with Crippen LogP contribution in [0, 0.1) is 11.6 Å². The van der Waals surface area contributed by atoms with Crippen LogP contribution in [0.15, 0.2) is 18.2 Å². The van der Waals surface area contributed by atoms with Gasteiger partial charge in [-0.2, -0.15) is 0 Å². The summed E-state index contributed by atoms with van der Waals surface area (Å²) < 4.78 is 31.6. The normalized spacial score (nSPS) is 22.3. The Morgan fingerprint density at radius 3 is 2.73 bits per heavy atom. The number of carbonyl (C=O) groups is 2. The number of carboxylic acids is 1. The van der Waals surface area contributed by atoms with Crippen molar-refractivity contribution in [1.29, 1.82) is 0 Å². The largest absolute Gasteiger partial charge is 0.479 e. The minimum Gasteiger partial charge on any atom is -0.479 e. The lowest BCUT2D eigenvalue weighted by atomic mass is 9.94. The number of ether oxygens (including phenoxy) is 1. The molecule has 7 heteroatoms. The molecular weight excluding hydrogens is 296 g/mol. The number of rotatable bonds is 5. The van der Waals surface area contributed by atoms with Gasteiger partial charge >= 0.3 is 5.97 Å². The number of hydrogen-bond donors (Lipinski definition) is 2. The van der Waals surface area contributed by atoms with Crippen LogP contribution < -0.4 is 5.32 Å². The van der Waals surface area contributed by atoms with Crippen molar-refractivity contribution in [2.24, 2.45) is 0 Å². The highest BCUT2D eigenvalue weighted by Crippen LogP contribution is 2.24. The Bertz CT molecular complexity index is 585. The number of aliphatic carboxylic acids is 1. The van der Waals surface area contributed by atoms with Crippen LogP contribution in [0.5, 0.6) is 0 Å². The molecule has 120 valence electrons. The van der Waals surface area contributed by atoms with Gasteiger partial charge in [-0.15, -0.1) is 0 Å². The molecule has 2 atom stereocenters. The summed E-state index contributed by atoms with van der Waals surface area (Å²) in [6.07, 6.45) is 0.0882. The van der Waals surface area contributed by atoms with Crippen molar-refractivity contribution in [2.45, 2.75) is 31.2 Å². The highest BCUT2D eigenvalue weighted by atomic mass is 19.1. The van der Waals surface area contributed by atoms with Gasteiger partial charge < -0.3 is 15.2 Å². The fourth-order valence-electron chi connectivity index (χ4n) is 2.49. The first-order valence-corrected chi connectivity index (χ1v) is 6.91. The molecule has 2 rings (SSSR count). The average molecular weight is 313 g/mol. The van der Waals surface area contributed by atoms with E-state index in [2.05, 4.69) is 5.32 Å². The molecule has 1 aromatic rings. The molecule has 0 radical (unpaired) electrons. The summed E-state index contributed by atoms with van der Waals surface area (Å²) in [6.45, 7) is 1.79. The van der Waals surface area contributed by atoms with Crippen LogP contribution in [0.2, 0.25) is 0 Å². The van der Waals surface area contributed by atoms with Gasteiger partial charge in [0.2, 0.25) is 5.91 Å². The maximum absolute atomic E-state index is 13.7. The third kappa shape index (κ3) is 3.41. The van der Waals surface area contributed by atoms with Gasteiger partial charge in [0.25, 0.3) is 0 Å². The number of carboxylic acid groups (broad SMARTS) is 1. The van der Waals surface area contributed by atoms with Crippen molar-refractivity contribution in [3.63, 3.8) is 0 Å². The van der Waals surface area contributed by atoms with E-state index >= 15 is 0 Å². The molecule has 0 saturated carbocycles. The van der Waals surface area contributed by atoms with Gasteiger partial charge in [-0.3, -0.25) is 4.79 Å². The number of amides is 1. The topological polar surface area (TPSA) is 75.6 Å². The van der Waals surface area contributed by atoms with Gasteiger partial charge in [-0.05, 0) is 17.5 Å². The third-order valence-corrected chi connectivity index (χ3v) is 3.79. The van der Waals surface area contributed by atoms with Crippen LogP contribution in [-0.2, 0) is 14.3 Å². The van der Waals surface area contributed by atoms with Crippen molar-refractivity contribution in [1.82, 2.24) is 5.32 Å². The van der Waals surface area contributed by atoms with Gasteiger partial charge in [0.15, 0.2) is 5.54 Å². The molecule has 5 nitrogen and oxygen atoms in total. The quantitative estimate of drug-likeness (QED) is 0.869. The molecule has 0 aromatic heterocycles. The zero-order valence-electron chi connectivity index (χ0n) is 12.1. The summed E-state index contributed by atoms with van der Waals surface area (Å²) in [6, 6.07) is 3.16. The predicted molar refractivity (Wildman–Crippen MR) is 73.3 cm³/mol. The summed E-state index contributed by atoms with van der Waals surface area (Å²) in [7, 11) is 0. The number of benzene rings is 1.